The predicted molar refractivity (Wildman–Crippen MR) is 112 cm³/mol. The number of anilines is 1. The molecule has 7 heteroatoms. The summed E-state index contributed by atoms with van der Waals surface area (Å²) >= 11 is 7.57. The lowest BCUT2D eigenvalue weighted by molar-refractivity contribution is -0.118. The van der Waals surface area contributed by atoms with Gasteiger partial charge in [-0.3, -0.25) is 15.0 Å². The van der Waals surface area contributed by atoms with E-state index >= 15 is 0 Å². The van der Waals surface area contributed by atoms with Gasteiger partial charge in [0.15, 0.2) is 11.7 Å². The van der Waals surface area contributed by atoms with Crippen molar-refractivity contribution in [3.8, 4) is 5.75 Å². The monoisotopic (exact) mass is 413 g/mol. The van der Waals surface area contributed by atoms with Gasteiger partial charge in [0.1, 0.15) is 5.75 Å². The number of hydrogen-bond acceptors (Lipinski definition) is 5. The fraction of sp³-hybridized carbons (Fsp3) is 0.238. The number of rotatable bonds is 6. The Labute approximate surface area is 172 Å². The molecule has 0 spiro atoms. The SMILES string of the molecule is O=C(COc1ccccc1Cl)Nc1nc2c(s1)CN(Cc1ccccc1)CC2. The zero-order valence-electron chi connectivity index (χ0n) is 15.2. The molecule has 0 unspecified atom stereocenters. The first-order valence-electron chi connectivity index (χ1n) is 9.09. The van der Waals surface area contributed by atoms with Crippen molar-refractivity contribution in [2.45, 2.75) is 19.5 Å². The molecule has 1 N–H and O–H groups in total. The van der Waals surface area contributed by atoms with Crippen molar-refractivity contribution in [1.29, 1.82) is 0 Å². The number of benzene rings is 2. The molecule has 0 atom stereocenters. The molecule has 1 amide bonds. The van der Waals surface area contributed by atoms with Crippen molar-refractivity contribution in [1.82, 2.24) is 9.88 Å². The van der Waals surface area contributed by atoms with Crippen LogP contribution in [0.4, 0.5) is 5.13 Å². The number of amides is 1. The summed E-state index contributed by atoms with van der Waals surface area (Å²) in [4.78, 5) is 20.4. The predicted octanol–water partition coefficient (Wildman–Crippen LogP) is 4.37. The van der Waals surface area contributed by atoms with Crippen molar-refractivity contribution < 1.29 is 9.53 Å². The largest absolute Gasteiger partial charge is 0.482 e. The van der Waals surface area contributed by atoms with Crippen molar-refractivity contribution in [2.75, 3.05) is 18.5 Å². The summed E-state index contributed by atoms with van der Waals surface area (Å²) in [5.41, 5.74) is 2.39. The molecule has 0 saturated carbocycles. The summed E-state index contributed by atoms with van der Waals surface area (Å²) in [5.74, 6) is 0.251. The molecule has 4 rings (SSSR count). The number of nitrogens with zero attached hydrogens (tertiary/aromatic N) is 2. The summed E-state index contributed by atoms with van der Waals surface area (Å²) in [7, 11) is 0. The van der Waals surface area contributed by atoms with Gasteiger partial charge in [0.2, 0.25) is 0 Å². The second-order valence-electron chi connectivity index (χ2n) is 6.60. The van der Waals surface area contributed by atoms with Gasteiger partial charge < -0.3 is 4.74 Å². The van der Waals surface area contributed by atoms with Gasteiger partial charge in [0, 0.05) is 30.9 Å². The van der Waals surface area contributed by atoms with E-state index in [1.165, 1.54) is 21.8 Å². The van der Waals surface area contributed by atoms with Crippen LogP contribution in [0.1, 0.15) is 16.1 Å². The molecule has 1 aliphatic rings. The first kappa shape index (κ1) is 18.9. The third-order valence-corrected chi connectivity index (χ3v) is 5.81. The average Bonchev–Trinajstić information content (AvgIpc) is 3.09. The number of thiazole rings is 1. The molecule has 1 aromatic heterocycles. The molecule has 0 bridgehead atoms. The lowest BCUT2D eigenvalue weighted by Crippen LogP contribution is -2.29. The Kier molecular flexibility index (Phi) is 5.90. The topological polar surface area (TPSA) is 54.5 Å². The zero-order chi connectivity index (χ0) is 19.3. The molecule has 28 heavy (non-hydrogen) atoms. The number of fused-ring (bicyclic) bond motifs is 1. The molecule has 0 saturated heterocycles. The number of carbonyl (C=O) groups is 1. The summed E-state index contributed by atoms with van der Waals surface area (Å²) in [5, 5.41) is 3.94. The number of para-hydroxylation sites is 1. The average molecular weight is 414 g/mol. The molecule has 2 aromatic carbocycles. The Morgan fingerprint density at radius 1 is 1.18 bits per heavy atom. The summed E-state index contributed by atoms with van der Waals surface area (Å²) in [6.07, 6.45) is 0.894. The third kappa shape index (κ3) is 4.70. The van der Waals surface area contributed by atoms with E-state index in [0.717, 1.165) is 31.7 Å². The molecular weight excluding hydrogens is 394 g/mol. The van der Waals surface area contributed by atoms with Crippen molar-refractivity contribution in [2.24, 2.45) is 0 Å². The van der Waals surface area contributed by atoms with E-state index in [1.807, 2.05) is 18.2 Å². The molecular formula is C21H20ClN3O2S. The number of nitrogens with one attached hydrogen (secondary N) is 1. The van der Waals surface area contributed by atoms with Gasteiger partial charge >= 0.3 is 0 Å². The number of ether oxygens (including phenoxy) is 1. The summed E-state index contributed by atoms with van der Waals surface area (Å²) in [6, 6.07) is 17.5. The van der Waals surface area contributed by atoms with E-state index in [-0.39, 0.29) is 12.5 Å². The van der Waals surface area contributed by atoms with Gasteiger partial charge in [0.05, 0.1) is 10.7 Å². The van der Waals surface area contributed by atoms with Crippen LogP contribution in [0.3, 0.4) is 0 Å². The van der Waals surface area contributed by atoms with Gasteiger partial charge in [-0.2, -0.15) is 0 Å². The standard InChI is InChI=1S/C21H20ClN3O2S/c22-16-8-4-5-9-18(16)27-14-20(26)24-21-23-17-10-11-25(13-19(17)28-21)12-15-6-2-1-3-7-15/h1-9H,10-14H2,(H,23,24,26). The Bertz CT molecular complexity index is 961. The van der Waals surface area contributed by atoms with E-state index in [1.54, 1.807) is 12.1 Å². The molecule has 144 valence electrons. The highest BCUT2D eigenvalue weighted by atomic mass is 35.5. The molecule has 1 aliphatic heterocycles. The zero-order valence-corrected chi connectivity index (χ0v) is 16.8. The molecule has 2 heterocycles. The third-order valence-electron chi connectivity index (χ3n) is 4.50. The lowest BCUT2D eigenvalue weighted by Gasteiger charge is -2.25. The quantitative estimate of drug-likeness (QED) is 0.651. The number of aromatic nitrogens is 1. The minimum atomic E-state index is -0.243. The van der Waals surface area contributed by atoms with Crippen molar-refractivity contribution in [3.05, 3.63) is 75.8 Å². The Morgan fingerprint density at radius 3 is 2.79 bits per heavy atom. The van der Waals surface area contributed by atoms with Crippen LogP contribution >= 0.6 is 22.9 Å². The fourth-order valence-corrected chi connectivity index (χ4v) is 4.40. The van der Waals surface area contributed by atoms with Crippen LogP contribution in [-0.4, -0.2) is 28.9 Å². The van der Waals surface area contributed by atoms with Crippen molar-refractivity contribution >= 4 is 34.0 Å². The first-order valence-corrected chi connectivity index (χ1v) is 10.3. The Balaban J connectivity index is 1.32. The Morgan fingerprint density at radius 2 is 1.96 bits per heavy atom. The van der Waals surface area contributed by atoms with Crippen molar-refractivity contribution in [3.63, 3.8) is 0 Å². The maximum Gasteiger partial charge on any atom is 0.264 e. The summed E-state index contributed by atoms with van der Waals surface area (Å²) in [6.45, 7) is 2.64. The summed E-state index contributed by atoms with van der Waals surface area (Å²) < 4.78 is 5.48. The van der Waals surface area contributed by atoms with E-state index in [2.05, 4.69) is 39.5 Å². The van der Waals surface area contributed by atoms with E-state index in [9.17, 15) is 4.79 Å². The minimum absolute atomic E-state index is 0.103. The van der Waals surface area contributed by atoms with E-state index in [0.29, 0.717) is 15.9 Å². The second-order valence-corrected chi connectivity index (χ2v) is 8.09. The Hall–Kier alpha value is -2.41. The van der Waals surface area contributed by atoms with Gasteiger partial charge in [-0.1, -0.05) is 54.1 Å². The van der Waals surface area contributed by atoms with Gasteiger partial charge in [-0.15, -0.1) is 11.3 Å². The maximum atomic E-state index is 12.2. The highest BCUT2D eigenvalue weighted by Gasteiger charge is 2.21. The molecule has 3 aromatic rings. The van der Waals surface area contributed by atoms with Gasteiger partial charge in [-0.25, -0.2) is 4.98 Å². The normalized spacial score (nSPS) is 13.8. The lowest BCUT2D eigenvalue weighted by atomic mass is 10.1. The molecule has 5 nitrogen and oxygen atoms in total. The van der Waals surface area contributed by atoms with Crippen LogP contribution in [0.25, 0.3) is 0 Å². The van der Waals surface area contributed by atoms with E-state index in [4.69, 9.17) is 16.3 Å². The molecule has 0 radical (unpaired) electrons. The highest BCUT2D eigenvalue weighted by molar-refractivity contribution is 7.15. The molecule has 0 fully saturated rings. The first-order chi connectivity index (χ1) is 13.7. The van der Waals surface area contributed by atoms with E-state index < -0.39 is 0 Å². The van der Waals surface area contributed by atoms with Crippen LogP contribution in [0.5, 0.6) is 5.75 Å². The van der Waals surface area contributed by atoms with Gasteiger partial charge in [-0.05, 0) is 17.7 Å². The maximum absolute atomic E-state index is 12.2. The fourth-order valence-electron chi connectivity index (χ4n) is 3.14. The minimum Gasteiger partial charge on any atom is -0.482 e. The smallest absolute Gasteiger partial charge is 0.264 e. The number of carbonyl (C=O) groups excluding carboxylic acids is 1. The van der Waals surface area contributed by atoms with Crippen LogP contribution in [-0.2, 0) is 24.3 Å². The molecule has 0 aliphatic carbocycles. The number of halogens is 1. The second kappa shape index (κ2) is 8.73. The highest BCUT2D eigenvalue weighted by Crippen LogP contribution is 2.29. The van der Waals surface area contributed by atoms with Crippen LogP contribution in [0.15, 0.2) is 54.6 Å². The van der Waals surface area contributed by atoms with Crippen LogP contribution < -0.4 is 10.1 Å². The van der Waals surface area contributed by atoms with Gasteiger partial charge in [0.25, 0.3) is 5.91 Å². The van der Waals surface area contributed by atoms with Crippen LogP contribution in [0.2, 0.25) is 5.02 Å². The van der Waals surface area contributed by atoms with Crippen LogP contribution in [0, 0.1) is 0 Å². The number of hydrogen-bond donors (Lipinski definition) is 1.